The van der Waals surface area contributed by atoms with E-state index in [0.717, 1.165) is 23.7 Å². The first kappa shape index (κ1) is 15.0. The van der Waals surface area contributed by atoms with E-state index in [1.807, 2.05) is 6.92 Å². The fourth-order valence-corrected chi connectivity index (χ4v) is 3.03. The van der Waals surface area contributed by atoms with Gasteiger partial charge in [0.25, 0.3) is 0 Å². The molecule has 5 heteroatoms. The lowest BCUT2D eigenvalue weighted by molar-refractivity contribution is 0.0605. The molecule has 0 saturated carbocycles. The second-order valence-electron chi connectivity index (χ2n) is 4.43. The molecule has 102 valence electrons. The highest BCUT2D eigenvalue weighted by molar-refractivity contribution is 7.17. The van der Waals surface area contributed by atoms with Crippen molar-refractivity contribution in [3.05, 3.63) is 10.6 Å². The number of nitrogens with zero attached hydrogens (tertiary/aromatic N) is 1. The number of aromatic nitrogens is 1. The molecule has 1 aromatic heterocycles. The molecule has 0 aliphatic heterocycles. The van der Waals surface area contributed by atoms with Crippen LogP contribution in [-0.4, -0.2) is 24.1 Å². The summed E-state index contributed by atoms with van der Waals surface area (Å²) in [4.78, 5) is 16.5. The van der Waals surface area contributed by atoms with Crippen LogP contribution in [0.25, 0.3) is 0 Å². The van der Waals surface area contributed by atoms with Gasteiger partial charge in [-0.05, 0) is 19.8 Å². The van der Waals surface area contributed by atoms with Crippen molar-refractivity contribution in [2.75, 3.05) is 12.4 Å². The molecule has 0 bridgehead atoms. The minimum absolute atomic E-state index is 0.312. The minimum Gasteiger partial charge on any atom is -0.465 e. The van der Waals surface area contributed by atoms with E-state index in [9.17, 15) is 4.79 Å². The fraction of sp³-hybridized carbons (Fsp3) is 0.692. The lowest BCUT2D eigenvalue weighted by atomic mass is 9.96. The van der Waals surface area contributed by atoms with Crippen LogP contribution in [0.1, 0.15) is 49.0 Å². The standard InChI is InChI=1S/C13H22N2O2S/c1-6-10(7-2)8(3)14-13-15-9(4)11(18-13)12(16)17-5/h8,10H,6-7H2,1-5H3,(H,14,15). The topological polar surface area (TPSA) is 51.2 Å². The summed E-state index contributed by atoms with van der Waals surface area (Å²) in [5, 5.41) is 4.18. The third-order valence-electron chi connectivity index (χ3n) is 3.27. The summed E-state index contributed by atoms with van der Waals surface area (Å²) in [5.74, 6) is 0.309. The number of thiazole rings is 1. The van der Waals surface area contributed by atoms with Crippen LogP contribution in [0.3, 0.4) is 0 Å². The summed E-state index contributed by atoms with van der Waals surface area (Å²) in [6.45, 7) is 8.38. The molecule has 0 aliphatic carbocycles. The molecule has 0 aromatic carbocycles. The van der Waals surface area contributed by atoms with Gasteiger partial charge in [-0.1, -0.05) is 38.0 Å². The van der Waals surface area contributed by atoms with E-state index in [4.69, 9.17) is 4.74 Å². The number of carbonyl (C=O) groups is 1. The van der Waals surface area contributed by atoms with Crippen LogP contribution in [-0.2, 0) is 4.74 Å². The number of carbonyl (C=O) groups excluding carboxylic acids is 1. The molecule has 1 aromatic rings. The Labute approximate surface area is 113 Å². The van der Waals surface area contributed by atoms with E-state index in [1.165, 1.54) is 18.4 Å². The Bertz CT molecular complexity index is 400. The Morgan fingerprint density at radius 3 is 2.56 bits per heavy atom. The zero-order chi connectivity index (χ0) is 13.7. The van der Waals surface area contributed by atoms with Gasteiger partial charge >= 0.3 is 5.97 Å². The smallest absolute Gasteiger partial charge is 0.350 e. The van der Waals surface area contributed by atoms with Crippen molar-refractivity contribution in [2.24, 2.45) is 5.92 Å². The second kappa shape index (κ2) is 6.73. The number of methoxy groups -OCH3 is 1. The first-order valence-electron chi connectivity index (χ1n) is 6.35. The summed E-state index contributed by atoms with van der Waals surface area (Å²) < 4.78 is 4.73. The zero-order valence-electron chi connectivity index (χ0n) is 11.7. The highest BCUT2D eigenvalue weighted by Gasteiger charge is 2.19. The molecule has 1 N–H and O–H groups in total. The Morgan fingerprint density at radius 1 is 1.44 bits per heavy atom. The molecule has 0 spiro atoms. The van der Waals surface area contributed by atoms with Gasteiger partial charge in [0.05, 0.1) is 12.8 Å². The zero-order valence-corrected chi connectivity index (χ0v) is 12.6. The van der Waals surface area contributed by atoms with Crippen LogP contribution in [0.2, 0.25) is 0 Å². The molecule has 0 fully saturated rings. The average molecular weight is 270 g/mol. The number of rotatable bonds is 6. The second-order valence-corrected chi connectivity index (χ2v) is 5.43. The van der Waals surface area contributed by atoms with Gasteiger partial charge < -0.3 is 10.1 Å². The largest absolute Gasteiger partial charge is 0.465 e. The number of anilines is 1. The summed E-state index contributed by atoms with van der Waals surface area (Å²) in [6.07, 6.45) is 2.28. The molecule has 0 amide bonds. The van der Waals surface area contributed by atoms with Crippen LogP contribution >= 0.6 is 11.3 Å². The van der Waals surface area contributed by atoms with Crippen LogP contribution in [0.15, 0.2) is 0 Å². The summed E-state index contributed by atoms with van der Waals surface area (Å²) in [6, 6.07) is 0.357. The lowest BCUT2D eigenvalue weighted by Gasteiger charge is -2.21. The van der Waals surface area contributed by atoms with Crippen molar-refractivity contribution in [3.63, 3.8) is 0 Å². The maximum atomic E-state index is 11.5. The van der Waals surface area contributed by atoms with Crippen molar-refractivity contribution in [1.82, 2.24) is 4.98 Å². The predicted molar refractivity (Wildman–Crippen MR) is 75.3 cm³/mol. The van der Waals surface area contributed by atoms with Gasteiger partial charge in [-0.15, -0.1) is 0 Å². The van der Waals surface area contributed by atoms with Crippen LogP contribution in [0.5, 0.6) is 0 Å². The van der Waals surface area contributed by atoms with Gasteiger partial charge in [0.2, 0.25) is 0 Å². The Kier molecular flexibility index (Phi) is 5.59. The third kappa shape index (κ3) is 3.45. The normalized spacial score (nSPS) is 12.6. The molecule has 4 nitrogen and oxygen atoms in total. The average Bonchev–Trinajstić information content (AvgIpc) is 2.70. The van der Waals surface area contributed by atoms with Crippen molar-refractivity contribution in [2.45, 2.75) is 46.6 Å². The predicted octanol–water partition coefficient (Wildman–Crippen LogP) is 3.47. The third-order valence-corrected chi connectivity index (χ3v) is 4.34. The van der Waals surface area contributed by atoms with Gasteiger partial charge in [-0.3, -0.25) is 0 Å². The highest BCUT2D eigenvalue weighted by atomic mass is 32.1. The monoisotopic (exact) mass is 270 g/mol. The maximum Gasteiger partial charge on any atom is 0.350 e. The number of nitrogens with one attached hydrogen (secondary N) is 1. The number of aryl methyl sites for hydroxylation is 1. The molecular weight excluding hydrogens is 248 g/mol. The summed E-state index contributed by atoms with van der Waals surface area (Å²) in [7, 11) is 1.39. The molecule has 0 radical (unpaired) electrons. The van der Waals surface area contributed by atoms with Crippen LogP contribution < -0.4 is 5.32 Å². The van der Waals surface area contributed by atoms with E-state index in [0.29, 0.717) is 16.8 Å². The van der Waals surface area contributed by atoms with Crippen molar-refractivity contribution in [1.29, 1.82) is 0 Å². The SMILES string of the molecule is CCC(CC)C(C)Nc1nc(C)c(C(=O)OC)s1. The molecule has 18 heavy (non-hydrogen) atoms. The van der Waals surface area contributed by atoms with Gasteiger partial charge in [-0.25, -0.2) is 9.78 Å². The first-order valence-corrected chi connectivity index (χ1v) is 7.17. The Morgan fingerprint density at radius 2 is 2.06 bits per heavy atom. The van der Waals surface area contributed by atoms with Crippen LogP contribution in [0.4, 0.5) is 5.13 Å². The molecule has 0 aliphatic rings. The molecular formula is C13H22N2O2S. The lowest BCUT2D eigenvalue weighted by Crippen LogP contribution is -2.24. The summed E-state index contributed by atoms with van der Waals surface area (Å²) >= 11 is 1.36. The van der Waals surface area contributed by atoms with Crippen LogP contribution in [0, 0.1) is 12.8 Å². The van der Waals surface area contributed by atoms with E-state index in [1.54, 1.807) is 0 Å². The number of esters is 1. The Balaban J connectivity index is 2.77. The van der Waals surface area contributed by atoms with E-state index in [2.05, 4.69) is 31.1 Å². The first-order chi connectivity index (χ1) is 8.53. The van der Waals surface area contributed by atoms with Crippen molar-refractivity contribution < 1.29 is 9.53 Å². The maximum absolute atomic E-state index is 11.5. The molecule has 1 heterocycles. The van der Waals surface area contributed by atoms with E-state index >= 15 is 0 Å². The number of hydrogen-bond donors (Lipinski definition) is 1. The number of hydrogen-bond acceptors (Lipinski definition) is 5. The van der Waals surface area contributed by atoms with Crippen molar-refractivity contribution >= 4 is 22.4 Å². The van der Waals surface area contributed by atoms with Gasteiger partial charge in [0.1, 0.15) is 4.88 Å². The summed E-state index contributed by atoms with van der Waals surface area (Å²) in [5.41, 5.74) is 0.728. The highest BCUT2D eigenvalue weighted by Crippen LogP contribution is 2.25. The molecule has 1 rings (SSSR count). The quantitative estimate of drug-likeness (QED) is 0.804. The van der Waals surface area contributed by atoms with E-state index in [-0.39, 0.29) is 5.97 Å². The number of ether oxygens (including phenoxy) is 1. The van der Waals surface area contributed by atoms with E-state index < -0.39 is 0 Å². The molecule has 1 unspecified atom stereocenters. The van der Waals surface area contributed by atoms with Gasteiger partial charge in [-0.2, -0.15) is 0 Å². The fourth-order valence-electron chi connectivity index (χ4n) is 2.05. The van der Waals surface area contributed by atoms with Crippen molar-refractivity contribution in [3.8, 4) is 0 Å². The molecule has 0 saturated heterocycles. The molecule has 1 atom stereocenters. The Hall–Kier alpha value is -1.10. The minimum atomic E-state index is -0.312. The van der Waals surface area contributed by atoms with Gasteiger partial charge in [0, 0.05) is 6.04 Å². The van der Waals surface area contributed by atoms with Gasteiger partial charge in [0.15, 0.2) is 5.13 Å².